The summed E-state index contributed by atoms with van der Waals surface area (Å²) in [7, 11) is 1.73. The largest absolute Gasteiger partial charge is 0.399 e. The second-order valence-corrected chi connectivity index (χ2v) is 6.37. The number of carbonyl (C=O) groups is 1. The highest BCUT2D eigenvalue weighted by Crippen LogP contribution is 2.42. The summed E-state index contributed by atoms with van der Waals surface area (Å²) < 4.78 is 0. The summed E-state index contributed by atoms with van der Waals surface area (Å²) in [6.07, 6.45) is 3.17. The molecular weight excluding hydrogens is 250 g/mol. The average molecular weight is 273 g/mol. The van der Waals surface area contributed by atoms with Gasteiger partial charge in [0.05, 0.1) is 5.41 Å². The topological polar surface area (TPSA) is 58.4 Å². The van der Waals surface area contributed by atoms with Crippen molar-refractivity contribution >= 4 is 11.6 Å². The SMILES string of the molecule is CNC(=O)C1(C)CCN(C2CCc3cc(N)ccc32)C1. The van der Waals surface area contributed by atoms with Crippen LogP contribution in [0.25, 0.3) is 0 Å². The van der Waals surface area contributed by atoms with Gasteiger partial charge in [-0.3, -0.25) is 9.69 Å². The number of nitrogen functional groups attached to an aromatic ring is 1. The fourth-order valence-corrected chi connectivity index (χ4v) is 3.74. The molecular formula is C16H23N3O. The number of benzene rings is 1. The van der Waals surface area contributed by atoms with Crippen molar-refractivity contribution in [3.63, 3.8) is 0 Å². The highest BCUT2D eigenvalue weighted by molar-refractivity contribution is 5.82. The lowest BCUT2D eigenvalue weighted by Gasteiger charge is -2.27. The number of likely N-dealkylation sites (tertiary alicyclic amines) is 1. The number of aryl methyl sites for hydroxylation is 1. The molecule has 1 amide bonds. The number of carbonyl (C=O) groups excluding carboxylic acids is 1. The highest BCUT2D eigenvalue weighted by Gasteiger charge is 2.43. The van der Waals surface area contributed by atoms with Gasteiger partial charge >= 0.3 is 0 Å². The lowest BCUT2D eigenvalue weighted by molar-refractivity contribution is -0.129. The Morgan fingerprint density at radius 1 is 1.50 bits per heavy atom. The Morgan fingerprint density at radius 3 is 3.05 bits per heavy atom. The maximum atomic E-state index is 12.0. The molecule has 1 aromatic rings. The van der Waals surface area contributed by atoms with E-state index in [-0.39, 0.29) is 11.3 Å². The molecule has 108 valence electrons. The highest BCUT2D eigenvalue weighted by atomic mass is 16.2. The molecule has 1 aliphatic carbocycles. The van der Waals surface area contributed by atoms with Gasteiger partial charge < -0.3 is 11.1 Å². The van der Waals surface area contributed by atoms with Crippen LogP contribution in [0, 0.1) is 5.41 Å². The summed E-state index contributed by atoms with van der Waals surface area (Å²) in [5.41, 5.74) is 9.25. The van der Waals surface area contributed by atoms with Crippen LogP contribution in [0.5, 0.6) is 0 Å². The second kappa shape index (κ2) is 4.77. The van der Waals surface area contributed by atoms with Crippen molar-refractivity contribution < 1.29 is 4.79 Å². The predicted molar refractivity (Wildman–Crippen MR) is 80.3 cm³/mol. The van der Waals surface area contributed by atoms with E-state index < -0.39 is 0 Å². The number of nitrogens with one attached hydrogen (secondary N) is 1. The smallest absolute Gasteiger partial charge is 0.227 e. The molecule has 20 heavy (non-hydrogen) atoms. The van der Waals surface area contributed by atoms with Gasteiger partial charge in [-0.15, -0.1) is 0 Å². The Morgan fingerprint density at radius 2 is 2.30 bits per heavy atom. The zero-order chi connectivity index (χ0) is 14.3. The molecule has 0 bridgehead atoms. The molecule has 2 aliphatic rings. The van der Waals surface area contributed by atoms with Gasteiger partial charge in [-0.2, -0.15) is 0 Å². The van der Waals surface area contributed by atoms with Crippen LogP contribution >= 0.6 is 0 Å². The zero-order valence-corrected chi connectivity index (χ0v) is 12.3. The number of anilines is 1. The van der Waals surface area contributed by atoms with Crippen LogP contribution in [-0.4, -0.2) is 30.9 Å². The van der Waals surface area contributed by atoms with E-state index in [0.29, 0.717) is 6.04 Å². The van der Waals surface area contributed by atoms with Crippen LogP contribution in [0.2, 0.25) is 0 Å². The van der Waals surface area contributed by atoms with Crippen molar-refractivity contribution in [1.29, 1.82) is 0 Å². The monoisotopic (exact) mass is 273 g/mol. The number of nitrogens with zero attached hydrogens (tertiary/aromatic N) is 1. The number of fused-ring (bicyclic) bond motifs is 1. The molecule has 0 radical (unpaired) electrons. The number of rotatable bonds is 2. The van der Waals surface area contributed by atoms with Crippen LogP contribution in [0.4, 0.5) is 5.69 Å². The van der Waals surface area contributed by atoms with E-state index >= 15 is 0 Å². The lowest BCUT2D eigenvalue weighted by Crippen LogP contribution is -2.39. The summed E-state index contributed by atoms with van der Waals surface area (Å²) in [4.78, 5) is 14.5. The maximum Gasteiger partial charge on any atom is 0.227 e. The molecule has 4 heteroatoms. The zero-order valence-electron chi connectivity index (χ0n) is 12.3. The third-order valence-electron chi connectivity index (χ3n) is 4.93. The molecule has 0 saturated carbocycles. The summed E-state index contributed by atoms with van der Waals surface area (Å²) in [6, 6.07) is 6.71. The summed E-state index contributed by atoms with van der Waals surface area (Å²) in [6.45, 7) is 3.92. The van der Waals surface area contributed by atoms with E-state index in [4.69, 9.17) is 5.73 Å². The van der Waals surface area contributed by atoms with Gasteiger partial charge in [0.1, 0.15) is 0 Å². The number of nitrogens with two attached hydrogens (primary N) is 1. The Hall–Kier alpha value is -1.55. The van der Waals surface area contributed by atoms with E-state index in [1.165, 1.54) is 11.1 Å². The number of amides is 1. The predicted octanol–water partition coefficient (Wildman–Crippen LogP) is 1.71. The van der Waals surface area contributed by atoms with Crippen LogP contribution in [0.3, 0.4) is 0 Å². The Bertz CT molecular complexity index is 543. The number of hydrogen-bond donors (Lipinski definition) is 2. The van der Waals surface area contributed by atoms with Gasteiger partial charge in [0.15, 0.2) is 0 Å². The number of hydrogen-bond acceptors (Lipinski definition) is 3. The Labute approximate surface area is 120 Å². The maximum absolute atomic E-state index is 12.0. The molecule has 0 aromatic heterocycles. The van der Waals surface area contributed by atoms with Crippen LogP contribution in [-0.2, 0) is 11.2 Å². The molecule has 4 nitrogen and oxygen atoms in total. The lowest BCUT2D eigenvalue weighted by atomic mass is 9.89. The van der Waals surface area contributed by atoms with Crippen LogP contribution < -0.4 is 11.1 Å². The van der Waals surface area contributed by atoms with E-state index in [2.05, 4.69) is 29.3 Å². The minimum absolute atomic E-state index is 0.163. The van der Waals surface area contributed by atoms with Crippen LogP contribution in [0.15, 0.2) is 18.2 Å². The minimum atomic E-state index is -0.245. The standard InChI is InChI=1S/C16H23N3O/c1-16(15(20)18-2)7-8-19(10-16)14-6-3-11-9-12(17)4-5-13(11)14/h4-5,9,14H,3,6-8,10,17H2,1-2H3,(H,18,20). The molecule has 2 atom stereocenters. The first kappa shape index (κ1) is 13.4. The molecule has 3 N–H and O–H groups in total. The average Bonchev–Trinajstić information content (AvgIpc) is 3.01. The summed E-state index contributed by atoms with van der Waals surface area (Å²) in [5.74, 6) is 0.163. The third-order valence-corrected chi connectivity index (χ3v) is 4.93. The van der Waals surface area contributed by atoms with Crippen molar-refractivity contribution in [1.82, 2.24) is 10.2 Å². The van der Waals surface area contributed by atoms with Crippen molar-refractivity contribution in [3.8, 4) is 0 Å². The minimum Gasteiger partial charge on any atom is -0.399 e. The van der Waals surface area contributed by atoms with Gasteiger partial charge in [-0.05, 0) is 56.0 Å². The molecule has 1 heterocycles. The van der Waals surface area contributed by atoms with Gasteiger partial charge in [0, 0.05) is 25.3 Å². The van der Waals surface area contributed by atoms with Crippen molar-refractivity contribution in [2.45, 2.75) is 32.2 Å². The van der Waals surface area contributed by atoms with Gasteiger partial charge in [-0.1, -0.05) is 6.07 Å². The normalized spacial score (nSPS) is 29.4. The fraction of sp³-hybridized carbons (Fsp3) is 0.562. The quantitative estimate of drug-likeness (QED) is 0.807. The van der Waals surface area contributed by atoms with Crippen LogP contribution in [0.1, 0.15) is 36.9 Å². The molecule has 0 spiro atoms. The van der Waals surface area contributed by atoms with E-state index in [9.17, 15) is 4.79 Å². The second-order valence-electron chi connectivity index (χ2n) is 6.37. The first-order chi connectivity index (χ1) is 9.53. The Kier molecular flexibility index (Phi) is 3.21. The van der Waals surface area contributed by atoms with Gasteiger partial charge in [0.2, 0.25) is 5.91 Å². The molecule has 1 aromatic carbocycles. The van der Waals surface area contributed by atoms with Gasteiger partial charge in [-0.25, -0.2) is 0 Å². The molecule has 1 aliphatic heterocycles. The van der Waals surface area contributed by atoms with Crippen molar-refractivity contribution in [2.24, 2.45) is 5.41 Å². The third kappa shape index (κ3) is 2.08. The van der Waals surface area contributed by atoms with Crippen molar-refractivity contribution in [3.05, 3.63) is 29.3 Å². The van der Waals surface area contributed by atoms with E-state index in [0.717, 1.165) is 38.0 Å². The summed E-state index contributed by atoms with van der Waals surface area (Å²) >= 11 is 0. The molecule has 1 saturated heterocycles. The van der Waals surface area contributed by atoms with E-state index in [1.807, 2.05) is 6.07 Å². The molecule has 3 rings (SSSR count). The van der Waals surface area contributed by atoms with E-state index in [1.54, 1.807) is 7.05 Å². The van der Waals surface area contributed by atoms with Gasteiger partial charge in [0.25, 0.3) is 0 Å². The Balaban J connectivity index is 1.79. The summed E-state index contributed by atoms with van der Waals surface area (Å²) in [5, 5.41) is 2.80. The van der Waals surface area contributed by atoms with Crippen molar-refractivity contribution in [2.75, 3.05) is 25.9 Å². The first-order valence-corrected chi connectivity index (χ1v) is 7.38. The fourth-order valence-electron chi connectivity index (χ4n) is 3.74. The molecule has 2 unspecified atom stereocenters. The molecule has 1 fully saturated rings. The first-order valence-electron chi connectivity index (χ1n) is 7.38.